The molecule has 0 saturated carbocycles. The number of nitrogens with one attached hydrogen (secondary N) is 1. The zero-order chi connectivity index (χ0) is 22.1. The third kappa shape index (κ3) is 4.28. The molecule has 0 radical (unpaired) electrons. The zero-order valence-corrected chi connectivity index (χ0v) is 16.8. The van der Waals surface area contributed by atoms with Crippen molar-refractivity contribution in [3.8, 4) is 22.3 Å². The molecule has 0 amide bonds. The lowest BCUT2D eigenvalue weighted by molar-refractivity contribution is -0.383. The largest absolute Gasteiger partial charge is 0.350 e. The van der Waals surface area contributed by atoms with Crippen LogP contribution in [0.5, 0.6) is 0 Å². The fourth-order valence-electron chi connectivity index (χ4n) is 3.43. The summed E-state index contributed by atoms with van der Waals surface area (Å²) in [7, 11) is 1.77. The minimum atomic E-state index is -0.677. The predicted molar refractivity (Wildman–Crippen MR) is 115 cm³/mol. The first-order valence-electron chi connectivity index (χ1n) is 9.42. The molecular weight excluding hydrogens is 402 g/mol. The van der Waals surface area contributed by atoms with Crippen molar-refractivity contribution in [2.45, 2.75) is 6.92 Å². The Morgan fingerprint density at radius 3 is 2.48 bits per heavy atom. The quantitative estimate of drug-likeness (QED) is 0.318. The maximum Gasteiger partial charge on any atom is 0.293 e. The van der Waals surface area contributed by atoms with Gasteiger partial charge < -0.3 is 5.32 Å². The third-order valence-electron chi connectivity index (χ3n) is 4.83. The Labute approximate surface area is 176 Å². The minimum Gasteiger partial charge on any atom is -0.350 e. The lowest BCUT2D eigenvalue weighted by Gasteiger charge is -2.12. The molecule has 0 fully saturated rings. The van der Waals surface area contributed by atoms with Crippen LogP contribution < -0.4 is 5.32 Å². The second-order valence-electron chi connectivity index (χ2n) is 7.23. The number of hydrogen-bond donors (Lipinski definition) is 1. The van der Waals surface area contributed by atoms with Gasteiger partial charge in [0.05, 0.1) is 11.1 Å². The number of benzene rings is 3. The fourth-order valence-corrected chi connectivity index (χ4v) is 3.43. The summed E-state index contributed by atoms with van der Waals surface area (Å²) in [6.45, 7) is 1.83. The number of rotatable bonds is 5. The molecule has 8 heteroatoms. The fraction of sp³-hybridized carbons (Fsp3) is 0.0870. The Morgan fingerprint density at radius 1 is 1.00 bits per heavy atom. The highest BCUT2D eigenvalue weighted by molar-refractivity contribution is 5.78. The molecule has 0 aliphatic heterocycles. The van der Waals surface area contributed by atoms with Crippen molar-refractivity contribution in [3.63, 3.8) is 0 Å². The van der Waals surface area contributed by atoms with E-state index in [2.05, 4.69) is 10.4 Å². The van der Waals surface area contributed by atoms with Gasteiger partial charge >= 0.3 is 0 Å². The number of nitro groups is 1. The minimum absolute atomic E-state index is 0.0997. The van der Waals surface area contributed by atoms with Gasteiger partial charge in [0, 0.05) is 42.2 Å². The van der Waals surface area contributed by atoms with Gasteiger partial charge in [-0.15, -0.1) is 0 Å². The first-order chi connectivity index (χ1) is 14.8. The Bertz CT molecular complexity index is 1300. The molecule has 4 aromatic rings. The molecule has 0 atom stereocenters. The number of anilines is 2. The molecule has 6 nitrogen and oxygen atoms in total. The highest BCUT2D eigenvalue weighted by Gasteiger charge is 2.17. The number of nitrogens with zero attached hydrogens (tertiary/aromatic N) is 3. The molecule has 0 bridgehead atoms. The van der Waals surface area contributed by atoms with Crippen LogP contribution in [0.3, 0.4) is 0 Å². The molecule has 0 aliphatic carbocycles. The molecule has 4 rings (SSSR count). The van der Waals surface area contributed by atoms with Gasteiger partial charge in [-0.05, 0) is 53.9 Å². The van der Waals surface area contributed by atoms with E-state index in [1.807, 2.05) is 6.92 Å². The van der Waals surface area contributed by atoms with Crippen LogP contribution in [0.25, 0.3) is 22.3 Å². The van der Waals surface area contributed by atoms with Crippen LogP contribution in [-0.2, 0) is 7.05 Å². The SMILES string of the molecule is Cc1cc(Nc2ccc(-c3cnn(C)c3)cc2[N+](=O)[O-])cc(-c2ccc(F)cc2F)c1. The van der Waals surface area contributed by atoms with Gasteiger partial charge in [0.1, 0.15) is 17.3 Å². The summed E-state index contributed by atoms with van der Waals surface area (Å²) in [6, 6.07) is 13.5. The smallest absolute Gasteiger partial charge is 0.293 e. The highest BCUT2D eigenvalue weighted by atomic mass is 19.1. The Balaban J connectivity index is 1.72. The molecule has 0 unspecified atom stereocenters. The van der Waals surface area contributed by atoms with Gasteiger partial charge in [-0.25, -0.2) is 8.78 Å². The van der Waals surface area contributed by atoms with Crippen LogP contribution in [0.4, 0.5) is 25.8 Å². The highest BCUT2D eigenvalue weighted by Crippen LogP contribution is 2.34. The van der Waals surface area contributed by atoms with Gasteiger partial charge in [0.15, 0.2) is 0 Å². The molecule has 1 heterocycles. The van der Waals surface area contributed by atoms with Crippen LogP contribution >= 0.6 is 0 Å². The van der Waals surface area contributed by atoms with E-state index in [1.54, 1.807) is 54.5 Å². The Hall–Kier alpha value is -4.07. The number of halogens is 2. The molecular formula is C23H18F2N4O2. The van der Waals surface area contributed by atoms with Crippen molar-refractivity contribution in [1.29, 1.82) is 0 Å². The number of aromatic nitrogens is 2. The van der Waals surface area contributed by atoms with E-state index >= 15 is 0 Å². The molecule has 156 valence electrons. The van der Waals surface area contributed by atoms with Gasteiger partial charge in [-0.3, -0.25) is 14.8 Å². The maximum atomic E-state index is 14.2. The van der Waals surface area contributed by atoms with Crippen LogP contribution in [0.15, 0.2) is 67.0 Å². The number of hydrogen-bond acceptors (Lipinski definition) is 4. The zero-order valence-electron chi connectivity index (χ0n) is 16.8. The second-order valence-corrected chi connectivity index (χ2v) is 7.23. The van der Waals surface area contributed by atoms with Crippen LogP contribution in [0.2, 0.25) is 0 Å². The number of aryl methyl sites for hydroxylation is 2. The van der Waals surface area contributed by atoms with Crippen LogP contribution in [0.1, 0.15) is 5.56 Å². The van der Waals surface area contributed by atoms with Gasteiger partial charge in [-0.2, -0.15) is 5.10 Å². The first-order valence-corrected chi connectivity index (χ1v) is 9.42. The molecule has 1 aromatic heterocycles. The second kappa shape index (κ2) is 7.98. The molecule has 1 N–H and O–H groups in total. The van der Waals surface area contributed by atoms with Crippen molar-refractivity contribution in [1.82, 2.24) is 9.78 Å². The van der Waals surface area contributed by atoms with E-state index in [0.717, 1.165) is 17.2 Å². The van der Waals surface area contributed by atoms with Gasteiger partial charge in [0.25, 0.3) is 5.69 Å². The summed E-state index contributed by atoms with van der Waals surface area (Å²) >= 11 is 0. The molecule has 0 saturated heterocycles. The monoisotopic (exact) mass is 420 g/mol. The average Bonchev–Trinajstić information content (AvgIpc) is 3.14. The van der Waals surface area contributed by atoms with Crippen molar-refractivity contribution in [2.24, 2.45) is 7.05 Å². The van der Waals surface area contributed by atoms with Crippen LogP contribution in [0, 0.1) is 28.7 Å². The third-order valence-corrected chi connectivity index (χ3v) is 4.83. The molecule has 31 heavy (non-hydrogen) atoms. The summed E-state index contributed by atoms with van der Waals surface area (Å²) < 4.78 is 29.1. The first kappa shape index (κ1) is 20.2. The summed E-state index contributed by atoms with van der Waals surface area (Å²) in [6.07, 6.45) is 3.41. The normalized spacial score (nSPS) is 10.8. The van der Waals surface area contributed by atoms with E-state index in [-0.39, 0.29) is 11.3 Å². The van der Waals surface area contributed by atoms with Crippen LogP contribution in [-0.4, -0.2) is 14.7 Å². The summed E-state index contributed by atoms with van der Waals surface area (Å²) in [5.41, 5.74) is 3.79. The Morgan fingerprint density at radius 2 is 1.81 bits per heavy atom. The van der Waals surface area contributed by atoms with E-state index in [4.69, 9.17) is 0 Å². The Kier molecular flexibility index (Phi) is 5.21. The predicted octanol–water partition coefficient (Wildman–Crippen LogP) is 5.99. The van der Waals surface area contributed by atoms with Gasteiger partial charge in [-0.1, -0.05) is 12.1 Å². The maximum absolute atomic E-state index is 14.2. The van der Waals surface area contributed by atoms with Crippen molar-refractivity contribution >= 4 is 17.1 Å². The summed E-state index contributed by atoms with van der Waals surface area (Å²) in [5, 5.41) is 18.8. The molecule has 0 spiro atoms. The number of nitro benzene ring substituents is 1. The summed E-state index contributed by atoms with van der Waals surface area (Å²) in [4.78, 5) is 11.2. The summed E-state index contributed by atoms with van der Waals surface area (Å²) in [5.74, 6) is -1.33. The van der Waals surface area contributed by atoms with Crippen molar-refractivity contribution in [3.05, 3.63) is 94.3 Å². The van der Waals surface area contributed by atoms with E-state index in [0.29, 0.717) is 22.5 Å². The standard InChI is InChI=1S/C23H18F2N4O2/c1-14-7-16(20-5-4-18(24)11-21(20)25)9-19(8-14)27-22-6-3-15(10-23(22)29(30)31)17-12-26-28(2)13-17/h3-13,27H,1-2H3. The van der Waals surface area contributed by atoms with E-state index < -0.39 is 16.6 Å². The molecule has 0 aliphatic rings. The van der Waals surface area contributed by atoms with E-state index in [1.165, 1.54) is 18.2 Å². The van der Waals surface area contributed by atoms with E-state index in [9.17, 15) is 18.9 Å². The van der Waals surface area contributed by atoms with Crippen molar-refractivity contribution in [2.75, 3.05) is 5.32 Å². The lowest BCUT2D eigenvalue weighted by Crippen LogP contribution is -1.98. The topological polar surface area (TPSA) is 73.0 Å². The van der Waals surface area contributed by atoms with Crippen molar-refractivity contribution < 1.29 is 13.7 Å². The molecule has 3 aromatic carbocycles. The lowest BCUT2D eigenvalue weighted by atomic mass is 10.0. The van der Waals surface area contributed by atoms with Gasteiger partial charge in [0.2, 0.25) is 0 Å². The average molecular weight is 420 g/mol.